The number of hydrogen-bond acceptors (Lipinski definition) is 5. The third-order valence-corrected chi connectivity index (χ3v) is 4.79. The van der Waals surface area contributed by atoms with Gasteiger partial charge in [0.2, 0.25) is 0 Å². The van der Waals surface area contributed by atoms with Gasteiger partial charge in [-0.2, -0.15) is 5.10 Å². The monoisotopic (exact) mass is 458 g/mol. The zero-order valence-electron chi connectivity index (χ0n) is 19.0. The molecule has 3 amide bonds. The summed E-state index contributed by atoms with van der Waals surface area (Å²) in [5.74, 6) is -1.38. The molecular weight excluding hydrogens is 432 g/mol. The van der Waals surface area contributed by atoms with Crippen molar-refractivity contribution in [3.63, 3.8) is 0 Å². The molecule has 3 N–H and O–H groups in total. The van der Waals surface area contributed by atoms with Crippen LogP contribution in [-0.4, -0.2) is 30.5 Å². The number of hydrogen-bond donors (Lipinski definition) is 3. The molecule has 0 saturated carbocycles. The molecule has 3 rings (SSSR count). The van der Waals surface area contributed by atoms with Gasteiger partial charge in [-0.25, -0.2) is 5.43 Å². The van der Waals surface area contributed by atoms with Crippen molar-refractivity contribution >= 4 is 29.6 Å². The molecule has 0 unspecified atom stereocenters. The normalized spacial score (nSPS) is 10.5. The zero-order valence-corrected chi connectivity index (χ0v) is 19.0. The van der Waals surface area contributed by atoms with E-state index in [9.17, 15) is 14.4 Å². The predicted molar refractivity (Wildman–Crippen MR) is 131 cm³/mol. The number of benzene rings is 3. The van der Waals surface area contributed by atoms with Crippen LogP contribution in [0.25, 0.3) is 0 Å². The van der Waals surface area contributed by atoms with E-state index in [1.807, 2.05) is 62.4 Å². The SMILES string of the molecule is Cc1ccc(NC(=O)COc2ccc(/C=N\NC(=O)C(=O)NCc3ccccc3)cc2)c(C)c1. The van der Waals surface area contributed by atoms with Crippen LogP contribution < -0.4 is 20.8 Å². The molecule has 0 fully saturated rings. The van der Waals surface area contributed by atoms with Crippen molar-refractivity contribution in [3.8, 4) is 5.75 Å². The third-order valence-electron chi connectivity index (χ3n) is 4.79. The number of rotatable bonds is 8. The molecule has 0 heterocycles. The first kappa shape index (κ1) is 24.2. The van der Waals surface area contributed by atoms with Crippen molar-refractivity contribution in [3.05, 3.63) is 95.1 Å². The maximum absolute atomic E-state index is 12.1. The summed E-state index contributed by atoms with van der Waals surface area (Å²) in [5, 5.41) is 9.14. The van der Waals surface area contributed by atoms with Gasteiger partial charge in [-0.15, -0.1) is 0 Å². The summed E-state index contributed by atoms with van der Waals surface area (Å²) in [5.41, 5.74) is 6.61. The van der Waals surface area contributed by atoms with Crippen LogP contribution in [0.15, 0.2) is 77.9 Å². The minimum Gasteiger partial charge on any atom is -0.484 e. The molecule has 0 aliphatic heterocycles. The smallest absolute Gasteiger partial charge is 0.329 e. The van der Waals surface area contributed by atoms with Crippen LogP contribution in [0.4, 0.5) is 5.69 Å². The number of carbonyl (C=O) groups excluding carboxylic acids is 3. The van der Waals surface area contributed by atoms with E-state index in [0.29, 0.717) is 11.3 Å². The van der Waals surface area contributed by atoms with Gasteiger partial charge in [0.05, 0.1) is 6.21 Å². The summed E-state index contributed by atoms with van der Waals surface area (Å²) >= 11 is 0. The molecule has 174 valence electrons. The van der Waals surface area contributed by atoms with Gasteiger partial charge in [0.1, 0.15) is 5.75 Å². The number of anilines is 1. The van der Waals surface area contributed by atoms with E-state index in [1.165, 1.54) is 6.21 Å². The third kappa shape index (κ3) is 7.59. The average Bonchev–Trinajstić information content (AvgIpc) is 2.84. The highest BCUT2D eigenvalue weighted by atomic mass is 16.5. The van der Waals surface area contributed by atoms with Gasteiger partial charge >= 0.3 is 11.8 Å². The number of amides is 3. The van der Waals surface area contributed by atoms with Crippen LogP contribution in [0.3, 0.4) is 0 Å². The molecule has 0 bridgehead atoms. The maximum Gasteiger partial charge on any atom is 0.329 e. The second kappa shape index (κ2) is 12.0. The Morgan fingerprint density at radius 3 is 2.35 bits per heavy atom. The first-order chi connectivity index (χ1) is 16.4. The minimum absolute atomic E-state index is 0.130. The van der Waals surface area contributed by atoms with Gasteiger partial charge in [0.25, 0.3) is 5.91 Å². The average molecular weight is 459 g/mol. The Bertz CT molecular complexity index is 1180. The number of aryl methyl sites for hydroxylation is 2. The molecule has 0 radical (unpaired) electrons. The second-order valence-electron chi connectivity index (χ2n) is 7.59. The van der Waals surface area contributed by atoms with Crippen molar-refractivity contribution in [2.24, 2.45) is 5.10 Å². The van der Waals surface area contributed by atoms with Crippen molar-refractivity contribution in [1.29, 1.82) is 0 Å². The minimum atomic E-state index is -0.859. The lowest BCUT2D eigenvalue weighted by Crippen LogP contribution is -2.37. The first-order valence-electron chi connectivity index (χ1n) is 10.7. The fraction of sp³-hybridized carbons (Fsp3) is 0.154. The van der Waals surface area contributed by atoms with Crippen LogP contribution in [0, 0.1) is 13.8 Å². The van der Waals surface area contributed by atoms with Crippen LogP contribution in [0.1, 0.15) is 22.3 Å². The lowest BCUT2D eigenvalue weighted by molar-refractivity contribution is -0.139. The summed E-state index contributed by atoms with van der Waals surface area (Å²) in [7, 11) is 0. The molecule has 0 aromatic heterocycles. The summed E-state index contributed by atoms with van der Waals surface area (Å²) in [6.45, 7) is 4.05. The van der Waals surface area contributed by atoms with Crippen LogP contribution in [-0.2, 0) is 20.9 Å². The fourth-order valence-electron chi connectivity index (χ4n) is 3.01. The summed E-state index contributed by atoms with van der Waals surface area (Å²) < 4.78 is 5.52. The molecule has 34 heavy (non-hydrogen) atoms. The Morgan fingerprint density at radius 1 is 0.912 bits per heavy atom. The van der Waals surface area contributed by atoms with Gasteiger partial charge in [-0.1, -0.05) is 48.0 Å². The standard InChI is InChI=1S/C26H26N4O4/c1-18-8-13-23(19(2)14-18)29-24(31)17-34-22-11-9-21(10-12-22)16-28-30-26(33)25(32)27-15-20-6-4-3-5-7-20/h3-14,16H,15,17H2,1-2H3,(H,27,32)(H,29,31)(H,30,33)/b28-16-. The lowest BCUT2D eigenvalue weighted by atomic mass is 10.1. The van der Waals surface area contributed by atoms with Gasteiger partial charge < -0.3 is 15.4 Å². The molecule has 8 nitrogen and oxygen atoms in total. The van der Waals surface area contributed by atoms with E-state index in [4.69, 9.17) is 4.74 Å². The number of carbonyl (C=O) groups is 3. The van der Waals surface area contributed by atoms with Gasteiger partial charge in [-0.3, -0.25) is 14.4 Å². The molecule has 0 spiro atoms. The Hall–Kier alpha value is -4.46. The number of nitrogens with one attached hydrogen (secondary N) is 3. The van der Waals surface area contributed by atoms with E-state index in [0.717, 1.165) is 22.4 Å². The Labute approximate surface area is 198 Å². The van der Waals surface area contributed by atoms with Gasteiger partial charge in [0.15, 0.2) is 6.61 Å². The largest absolute Gasteiger partial charge is 0.484 e. The summed E-state index contributed by atoms with van der Waals surface area (Å²) in [4.78, 5) is 35.8. The molecule has 0 aliphatic carbocycles. The Kier molecular flexibility index (Phi) is 8.51. The quantitative estimate of drug-likeness (QED) is 0.274. The number of ether oxygens (including phenoxy) is 1. The molecule has 0 saturated heterocycles. The topological polar surface area (TPSA) is 109 Å². The van der Waals surface area contributed by atoms with Crippen LogP contribution >= 0.6 is 0 Å². The first-order valence-corrected chi connectivity index (χ1v) is 10.7. The Morgan fingerprint density at radius 2 is 1.65 bits per heavy atom. The van der Waals surface area contributed by atoms with Crippen molar-refractivity contribution in [2.75, 3.05) is 11.9 Å². The van der Waals surface area contributed by atoms with E-state index in [2.05, 4.69) is 21.2 Å². The maximum atomic E-state index is 12.1. The van der Waals surface area contributed by atoms with Crippen LogP contribution in [0.2, 0.25) is 0 Å². The second-order valence-corrected chi connectivity index (χ2v) is 7.59. The molecule has 8 heteroatoms. The van der Waals surface area contributed by atoms with E-state index in [1.54, 1.807) is 24.3 Å². The zero-order chi connectivity index (χ0) is 24.3. The highest BCUT2D eigenvalue weighted by Crippen LogP contribution is 2.16. The lowest BCUT2D eigenvalue weighted by Gasteiger charge is -2.10. The van der Waals surface area contributed by atoms with E-state index >= 15 is 0 Å². The van der Waals surface area contributed by atoms with Crippen molar-refractivity contribution in [1.82, 2.24) is 10.7 Å². The number of hydrazone groups is 1. The van der Waals surface area contributed by atoms with E-state index < -0.39 is 11.8 Å². The molecule has 0 atom stereocenters. The summed E-state index contributed by atoms with van der Waals surface area (Å²) in [6, 6.07) is 21.8. The van der Waals surface area contributed by atoms with Crippen LogP contribution in [0.5, 0.6) is 5.75 Å². The Balaban J connectivity index is 1.40. The van der Waals surface area contributed by atoms with Gasteiger partial charge in [0, 0.05) is 12.2 Å². The molecule has 3 aromatic carbocycles. The highest BCUT2D eigenvalue weighted by molar-refractivity contribution is 6.35. The van der Waals surface area contributed by atoms with Crippen molar-refractivity contribution < 1.29 is 19.1 Å². The highest BCUT2D eigenvalue weighted by Gasteiger charge is 2.11. The van der Waals surface area contributed by atoms with Gasteiger partial charge in [-0.05, 0) is 60.9 Å². The van der Waals surface area contributed by atoms with E-state index in [-0.39, 0.29) is 19.1 Å². The fourth-order valence-corrected chi connectivity index (χ4v) is 3.01. The number of nitrogens with zero attached hydrogens (tertiary/aromatic N) is 1. The molecule has 0 aliphatic rings. The molecular formula is C26H26N4O4. The van der Waals surface area contributed by atoms with Crippen molar-refractivity contribution in [2.45, 2.75) is 20.4 Å². The predicted octanol–water partition coefficient (Wildman–Crippen LogP) is 3.09. The summed E-state index contributed by atoms with van der Waals surface area (Å²) in [6.07, 6.45) is 1.40. The molecule has 3 aromatic rings.